The van der Waals surface area contributed by atoms with E-state index in [1.165, 1.54) is 31.0 Å². The Bertz CT molecular complexity index is 931. The topological polar surface area (TPSA) is 54.5 Å². The smallest absolute Gasteiger partial charge is 0.240 e. The second-order valence-electron chi connectivity index (χ2n) is 7.15. The molecular weight excluding hydrogens is 365 g/mol. The Morgan fingerprint density at radius 1 is 1.11 bits per heavy atom. The summed E-state index contributed by atoms with van der Waals surface area (Å²) in [5.41, 5.74) is 4.24. The first-order valence-corrected chi connectivity index (χ1v) is 10.5. The zero-order chi connectivity index (χ0) is 20.4. The average Bonchev–Trinajstić information content (AvgIpc) is 2.56. The van der Waals surface area contributed by atoms with Crippen LogP contribution in [0.15, 0.2) is 36.4 Å². The Balaban J connectivity index is 2.17. The molecule has 4 nitrogen and oxygen atoms in total. The molecule has 0 radical (unpaired) electrons. The van der Waals surface area contributed by atoms with E-state index in [1.807, 2.05) is 32.9 Å². The molecule has 2 aromatic rings. The first-order chi connectivity index (χ1) is 12.5. The summed E-state index contributed by atoms with van der Waals surface area (Å²) in [6.07, 6.45) is 0. The monoisotopic (exact) mass is 391 g/mol. The normalized spacial score (nSPS) is 12.7. The van der Waals surface area contributed by atoms with Crippen molar-refractivity contribution in [2.45, 2.75) is 45.2 Å². The fourth-order valence-corrected chi connectivity index (χ4v) is 4.81. The number of amides is 1. The van der Waals surface area contributed by atoms with Gasteiger partial charge in [-0.3, -0.25) is 4.79 Å². The van der Waals surface area contributed by atoms with Crippen molar-refractivity contribution in [3.63, 3.8) is 0 Å². The van der Waals surface area contributed by atoms with Crippen molar-refractivity contribution in [1.29, 1.82) is 0 Å². The van der Waals surface area contributed by atoms with Gasteiger partial charge in [-0.25, -0.2) is 12.8 Å². The number of hydrogen-bond donors (Lipinski definition) is 0. The lowest BCUT2D eigenvalue weighted by molar-refractivity contribution is -0.129. The van der Waals surface area contributed by atoms with Gasteiger partial charge in [0.25, 0.3) is 0 Å². The van der Waals surface area contributed by atoms with Crippen LogP contribution in [0.4, 0.5) is 4.39 Å². The number of sulfone groups is 1. The lowest BCUT2D eigenvalue weighted by Gasteiger charge is -2.22. The van der Waals surface area contributed by atoms with Gasteiger partial charge >= 0.3 is 0 Å². The molecule has 0 heterocycles. The van der Waals surface area contributed by atoms with Crippen LogP contribution in [0, 0.1) is 26.6 Å². The van der Waals surface area contributed by atoms with Crippen LogP contribution in [-0.4, -0.2) is 31.5 Å². The van der Waals surface area contributed by atoms with Crippen LogP contribution in [0.2, 0.25) is 0 Å². The Kier molecular flexibility index (Phi) is 6.42. The Hall–Kier alpha value is -2.21. The molecule has 146 valence electrons. The van der Waals surface area contributed by atoms with Crippen LogP contribution >= 0.6 is 0 Å². The summed E-state index contributed by atoms with van der Waals surface area (Å²) in [6.45, 7) is 7.30. The van der Waals surface area contributed by atoms with Gasteiger partial charge in [0.2, 0.25) is 5.91 Å². The summed E-state index contributed by atoms with van der Waals surface area (Å²) < 4.78 is 39.0. The number of rotatable bonds is 6. The van der Waals surface area contributed by atoms with Crippen LogP contribution in [0.5, 0.6) is 0 Å². The van der Waals surface area contributed by atoms with Crippen molar-refractivity contribution in [2.75, 3.05) is 7.05 Å². The van der Waals surface area contributed by atoms with Gasteiger partial charge in [0.15, 0.2) is 9.84 Å². The minimum Gasteiger partial charge on any atom is -0.340 e. The maximum Gasteiger partial charge on any atom is 0.240 e. The highest BCUT2D eigenvalue weighted by atomic mass is 32.2. The van der Waals surface area contributed by atoms with E-state index in [4.69, 9.17) is 0 Å². The molecule has 0 aliphatic rings. The van der Waals surface area contributed by atoms with Gasteiger partial charge in [-0.1, -0.05) is 29.8 Å². The number of carbonyl (C=O) groups excluding carboxylic acids is 1. The van der Waals surface area contributed by atoms with Gasteiger partial charge in [-0.05, 0) is 62.1 Å². The molecule has 2 rings (SSSR count). The highest BCUT2D eigenvalue weighted by Gasteiger charge is 2.31. The highest BCUT2D eigenvalue weighted by molar-refractivity contribution is 7.92. The molecule has 0 fully saturated rings. The van der Waals surface area contributed by atoms with E-state index in [-0.39, 0.29) is 18.1 Å². The van der Waals surface area contributed by atoms with E-state index in [0.717, 1.165) is 22.3 Å². The molecule has 1 atom stereocenters. The molecule has 0 bridgehead atoms. The fourth-order valence-electron chi connectivity index (χ4n) is 3.21. The number of nitrogens with zero attached hydrogens (tertiary/aromatic N) is 1. The summed E-state index contributed by atoms with van der Waals surface area (Å²) in [5.74, 6) is -1.06. The summed E-state index contributed by atoms with van der Waals surface area (Å²) in [6, 6.07) is 9.81. The van der Waals surface area contributed by atoms with Crippen molar-refractivity contribution >= 4 is 15.7 Å². The van der Waals surface area contributed by atoms with Crippen molar-refractivity contribution in [1.82, 2.24) is 4.90 Å². The zero-order valence-corrected chi connectivity index (χ0v) is 17.2. The number of aryl methyl sites for hydroxylation is 3. The molecule has 1 unspecified atom stereocenters. The van der Waals surface area contributed by atoms with Gasteiger partial charge in [-0.2, -0.15) is 0 Å². The Morgan fingerprint density at radius 3 is 2.26 bits per heavy atom. The maximum absolute atomic E-state index is 13.3. The summed E-state index contributed by atoms with van der Waals surface area (Å²) >= 11 is 0. The van der Waals surface area contributed by atoms with Gasteiger partial charge in [0.1, 0.15) is 11.1 Å². The van der Waals surface area contributed by atoms with Crippen molar-refractivity contribution < 1.29 is 17.6 Å². The third kappa shape index (κ3) is 5.16. The van der Waals surface area contributed by atoms with Crippen LogP contribution < -0.4 is 0 Å². The van der Waals surface area contributed by atoms with E-state index in [1.54, 1.807) is 12.1 Å². The van der Waals surface area contributed by atoms with Crippen molar-refractivity contribution in [3.8, 4) is 0 Å². The number of carbonyl (C=O) groups is 1. The molecule has 27 heavy (non-hydrogen) atoms. The molecule has 2 aromatic carbocycles. The minimum atomic E-state index is -3.68. The van der Waals surface area contributed by atoms with Gasteiger partial charge in [-0.15, -0.1) is 0 Å². The second-order valence-corrected chi connectivity index (χ2v) is 9.47. The average molecular weight is 392 g/mol. The fraction of sp³-hybridized carbons (Fsp3) is 0.381. The maximum atomic E-state index is 13.3. The molecule has 0 aliphatic heterocycles. The van der Waals surface area contributed by atoms with E-state index in [2.05, 4.69) is 0 Å². The van der Waals surface area contributed by atoms with Gasteiger partial charge in [0.05, 0.1) is 5.75 Å². The number of benzene rings is 2. The molecule has 1 amide bonds. The Labute approximate surface area is 160 Å². The third-order valence-corrected chi connectivity index (χ3v) is 6.73. The number of hydrogen-bond acceptors (Lipinski definition) is 3. The predicted molar refractivity (Wildman–Crippen MR) is 106 cm³/mol. The summed E-state index contributed by atoms with van der Waals surface area (Å²) in [7, 11) is -2.15. The van der Waals surface area contributed by atoms with E-state index in [0.29, 0.717) is 5.56 Å². The minimum absolute atomic E-state index is 0.152. The largest absolute Gasteiger partial charge is 0.340 e. The lowest BCUT2D eigenvalue weighted by Crippen LogP contribution is -2.39. The second kappa shape index (κ2) is 8.21. The van der Waals surface area contributed by atoms with Crippen LogP contribution in [0.1, 0.15) is 34.7 Å². The molecule has 6 heteroatoms. The molecular formula is C21H26FNO3S. The van der Waals surface area contributed by atoms with E-state index < -0.39 is 21.0 Å². The van der Waals surface area contributed by atoms with E-state index in [9.17, 15) is 17.6 Å². The third-order valence-electron chi connectivity index (χ3n) is 4.76. The molecule has 0 N–H and O–H groups in total. The zero-order valence-electron chi connectivity index (χ0n) is 16.4. The quantitative estimate of drug-likeness (QED) is 0.754. The van der Waals surface area contributed by atoms with Crippen LogP contribution in [0.3, 0.4) is 0 Å². The first-order valence-electron chi connectivity index (χ1n) is 8.79. The van der Waals surface area contributed by atoms with Crippen molar-refractivity contribution in [3.05, 3.63) is 70.0 Å². The molecule has 0 spiro atoms. The summed E-state index contributed by atoms with van der Waals surface area (Å²) in [5, 5.41) is -1.17. The first kappa shape index (κ1) is 21.1. The van der Waals surface area contributed by atoms with E-state index >= 15 is 0 Å². The van der Waals surface area contributed by atoms with Gasteiger partial charge in [0, 0.05) is 13.6 Å². The Morgan fingerprint density at radius 2 is 1.70 bits per heavy atom. The molecule has 0 aromatic heterocycles. The molecule has 0 saturated carbocycles. The molecule has 0 aliphatic carbocycles. The number of halogens is 1. The predicted octanol–water partition coefficient (Wildman–Crippen LogP) is 3.71. The standard InChI is InChI=1S/C21H26FNO3S/c1-14-9-15(2)20(16(3)10-14)13-27(25,26)17(4)21(24)23(5)12-18-7-6-8-19(22)11-18/h6-11,17H,12-13H2,1-5H3. The summed E-state index contributed by atoms with van der Waals surface area (Å²) in [4.78, 5) is 14.0. The van der Waals surface area contributed by atoms with Gasteiger partial charge < -0.3 is 4.90 Å². The highest BCUT2D eigenvalue weighted by Crippen LogP contribution is 2.22. The van der Waals surface area contributed by atoms with Crippen molar-refractivity contribution in [2.24, 2.45) is 0 Å². The molecule has 0 saturated heterocycles. The van der Waals surface area contributed by atoms with Crippen LogP contribution in [-0.2, 0) is 26.9 Å². The SMILES string of the molecule is Cc1cc(C)c(CS(=O)(=O)C(C)C(=O)N(C)Cc2cccc(F)c2)c(C)c1. The van der Waals surface area contributed by atoms with Crippen LogP contribution in [0.25, 0.3) is 0 Å². The lowest BCUT2D eigenvalue weighted by atomic mass is 10.0.